The van der Waals surface area contributed by atoms with Gasteiger partial charge in [-0.25, -0.2) is 19.0 Å². The number of carbonyl (C=O) groups is 2. The van der Waals surface area contributed by atoms with Crippen LogP contribution < -0.4 is 10.6 Å². The average Bonchev–Trinajstić information content (AvgIpc) is 2.42. The molecular weight excluding hydrogens is 269 g/mol. The Hall–Kier alpha value is -3.10. The predicted octanol–water partition coefficient (Wildman–Crippen LogP) is 1.35. The number of carboxylic acid groups (broad SMARTS) is 1. The maximum absolute atomic E-state index is 13.6. The van der Waals surface area contributed by atoms with Gasteiger partial charge >= 0.3 is 12.0 Å². The SMILES string of the molecule is O=C(Nc1nccnn1)Nc1ccc(C(=O)O)cc1F. The van der Waals surface area contributed by atoms with Crippen molar-refractivity contribution in [2.45, 2.75) is 0 Å². The maximum atomic E-state index is 13.6. The summed E-state index contributed by atoms with van der Waals surface area (Å²) in [5.74, 6) is -2.18. The van der Waals surface area contributed by atoms with Gasteiger partial charge in [0.1, 0.15) is 5.82 Å². The lowest BCUT2D eigenvalue weighted by molar-refractivity contribution is 0.0696. The first-order chi connectivity index (χ1) is 9.56. The molecule has 2 aromatic rings. The van der Waals surface area contributed by atoms with E-state index in [0.717, 1.165) is 12.1 Å². The molecule has 2 rings (SSSR count). The predicted molar refractivity (Wildman–Crippen MR) is 65.8 cm³/mol. The highest BCUT2D eigenvalue weighted by Crippen LogP contribution is 2.16. The largest absolute Gasteiger partial charge is 0.478 e. The fraction of sp³-hybridized carbons (Fsp3) is 0. The summed E-state index contributed by atoms with van der Waals surface area (Å²) >= 11 is 0. The van der Waals surface area contributed by atoms with E-state index < -0.39 is 17.8 Å². The van der Waals surface area contributed by atoms with E-state index in [2.05, 4.69) is 25.8 Å². The van der Waals surface area contributed by atoms with Gasteiger partial charge in [-0.2, -0.15) is 5.10 Å². The van der Waals surface area contributed by atoms with Gasteiger partial charge in [-0.3, -0.25) is 5.32 Å². The number of anilines is 2. The van der Waals surface area contributed by atoms with E-state index in [4.69, 9.17) is 5.11 Å². The number of amides is 2. The molecule has 102 valence electrons. The quantitative estimate of drug-likeness (QED) is 0.779. The van der Waals surface area contributed by atoms with Crippen LogP contribution in [0, 0.1) is 5.82 Å². The summed E-state index contributed by atoms with van der Waals surface area (Å²) in [6, 6.07) is 2.34. The van der Waals surface area contributed by atoms with E-state index in [0.29, 0.717) is 0 Å². The first-order valence-electron chi connectivity index (χ1n) is 5.31. The molecule has 0 aliphatic heterocycles. The van der Waals surface area contributed by atoms with E-state index in [-0.39, 0.29) is 17.2 Å². The lowest BCUT2D eigenvalue weighted by atomic mass is 10.2. The molecule has 1 aromatic carbocycles. The van der Waals surface area contributed by atoms with E-state index in [1.54, 1.807) is 0 Å². The van der Waals surface area contributed by atoms with Gasteiger partial charge in [0.25, 0.3) is 5.95 Å². The van der Waals surface area contributed by atoms with Crippen molar-refractivity contribution in [3.63, 3.8) is 0 Å². The van der Waals surface area contributed by atoms with Gasteiger partial charge in [0.2, 0.25) is 0 Å². The molecule has 1 aromatic heterocycles. The van der Waals surface area contributed by atoms with Gasteiger partial charge in [-0.1, -0.05) is 0 Å². The zero-order valence-electron chi connectivity index (χ0n) is 9.87. The third-order valence-electron chi connectivity index (χ3n) is 2.17. The summed E-state index contributed by atoms with van der Waals surface area (Å²) in [5, 5.41) is 20.1. The first-order valence-corrected chi connectivity index (χ1v) is 5.31. The number of hydrogen-bond acceptors (Lipinski definition) is 5. The number of halogens is 1. The van der Waals surface area contributed by atoms with Crippen LogP contribution in [0.25, 0.3) is 0 Å². The van der Waals surface area contributed by atoms with Crippen LogP contribution >= 0.6 is 0 Å². The number of nitrogens with zero attached hydrogens (tertiary/aromatic N) is 3. The van der Waals surface area contributed by atoms with Crippen molar-refractivity contribution in [3.8, 4) is 0 Å². The Bertz CT molecular complexity index is 650. The third kappa shape index (κ3) is 3.22. The summed E-state index contributed by atoms with van der Waals surface area (Å²) in [4.78, 5) is 25.9. The van der Waals surface area contributed by atoms with E-state index in [1.165, 1.54) is 18.5 Å². The normalized spacial score (nSPS) is 9.85. The zero-order chi connectivity index (χ0) is 14.5. The lowest BCUT2D eigenvalue weighted by Gasteiger charge is -2.07. The highest BCUT2D eigenvalue weighted by atomic mass is 19.1. The van der Waals surface area contributed by atoms with Gasteiger partial charge in [-0.15, -0.1) is 5.10 Å². The minimum atomic E-state index is -1.26. The second kappa shape index (κ2) is 5.69. The van der Waals surface area contributed by atoms with E-state index in [1.807, 2.05) is 0 Å². The Labute approximate surface area is 111 Å². The number of aromatic nitrogens is 3. The monoisotopic (exact) mass is 277 g/mol. The lowest BCUT2D eigenvalue weighted by Crippen LogP contribution is -2.21. The number of urea groups is 1. The molecule has 0 spiro atoms. The summed E-state index contributed by atoms with van der Waals surface area (Å²) < 4.78 is 13.6. The van der Waals surface area contributed by atoms with Crippen LogP contribution in [0.3, 0.4) is 0 Å². The number of benzene rings is 1. The van der Waals surface area contributed by atoms with Crippen molar-refractivity contribution < 1.29 is 19.1 Å². The van der Waals surface area contributed by atoms with Crippen LogP contribution in [0.5, 0.6) is 0 Å². The van der Waals surface area contributed by atoms with Gasteiger partial charge in [-0.05, 0) is 18.2 Å². The van der Waals surface area contributed by atoms with Crippen LogP contribution in [-0.4, -0.2) is 32.3 Å². The zero-order valence-corrected chi connectivity index (χ0v) is 9.87. The highest BCUT2D eigenvalue weighted by Gasteiger charge is 2.11. The van der Waals surface area contributed by atoms with Crippen LogP contribution in [0.15, 0.2) is 30.6 Å². The molecule has 1 heterocycles. The summed E-state index contributed by atoms with van der Waals surface area (Å²) in [6.45, 7) is 0. The Balaban J connectivity index is 2.06. The van der Waals surface area contributed by atoms with Crippen LogP contribution in [0.2, 0.25) is 0 Å². The van der Waals surface area contributed by atoms with Crippen molar-refractivity contribution in [1.82, 2.24) is 15.2 Å². The molecule has 0 saturated carbocycles. The summed E-state index contributed by atoms with van der Waals surface area (Å²) in [7, 11) is 0. The fourth-order valence-electron chi connectivity index (χ4n) is 1.31. The Morgan fingerprint density at radius 1 is 1.20 bits per heavy atom. The third-order valence-corrected chi connectivity index (χ3v) is 2.17. The molecule has 9 heteroatoms. The molecule has 0 aliphatic rings. The molecule has 0 bridgehead atoms. The number of hydrogen-bond donors (Lipinski definition) is 3. The summed E-state index contributed by atoms with van der Waals surface area (Å²) in [5.41, 5.74) is -0.388. The molecule has 0 radical (unpaired) electrons. The highest BCUT2D eigenvalue weighted by molar-refractivity contribution is 5.99. The minimum absolute atomic E-state index is 0.0486. The van der Waals surface area contributed by atoms with Crippen molar-refractivity contribution in [1.29, 1.82) is 0 Å². The Morgan fingerprint density at radius 3 is 2.60 bits per heavy atom. The topological polar surface area (TPSA) is 117 Å². The number of nitrogens with one attached hydrogen (secondary N) is 2. The molecular formula is C11H8FN5O3. The van der Waals surface area contributed by atoms with Gasteiger partial charge in [0.05, 0.1) is 23.6 Å². The molecule has 0 atom stereocenters. The van der Waals surface area contributed by atoms with Crippen molar-refractivity contribution >= 4 is 23.6 Å². The number of carbonyl (C=O) groups excluding carboxylic acids is 1. The average molecular weight is 277 g/mol. The summed E-state index contributed by atoms with van der Waals surface area (Å²) in [6.07, 6.45) is 2.65. The number of aromatic carboxylic acids is 1. The second-order valence-corrected chi connectivity index (χ2v) is 3.55. The molecule has 0 saturated heterocycles. The molecule has 3 N–H and O–H groups in total. The molecule has 0 aliphatic carbocycles. The number of carboxylic acids is 1. The molecule has 0 fully saturated rings. The van der Waals surface area contributed by atoms with Crippen LogP contribution in [-0.2, 0) is 0 Å². The Kier molecular flexibility index (Phi) is 3.80. The van der Waals surface area contributed by atoms with Crippen molar-refractivity contribution in [2.75, 3.05) is 10.6 Å². The van der Waals surface area contributed by atoms with Gasteiger partial charge < -0.3 is 10.4 Å². The molecule has 0 unspecified atom stereocenters. The van der Waals surface area contributed by atoms with Crippen LogP contribution in [0.1, 0.15) is 10.4 Å². The molecule has 2 amide bonds. The Morgan fingerprint density at radius 2 is 2.00 bits per heavy atom. The van der Waals surface area contributed by atoms with Gasteiger partial charge in [0, 0.05) is 0 Å². The number of rotatable bonds is 3. The fourth-order valence-corrected chi connectivity index (χ4v) is 1.31. The second-order valence-electron chi connectivity index (χ2n) is 3.55. The van der Waals surface area contributed by atoms with Crippen molar-refractivity contribution in [3.05, 3.63) is 42.0 Å². The van der Waals surface area contributed by atoms with E-state index >= 15 is 0 Å². The van der Waals surface area contributed by atoms with Crippen LogP contribution in [0.4, 0.5) is 20.8 Å². The minimum Gasteiger partial charge on any atom is -0.478 e. The van der Waals surface area contributed by atoms with Gasteiger partial charge in [0.15, 0.2) is 0 Å². The standard InChI is InChI=1S/C11H8FN5O3/c12-7-5-6(9(18)19)1-2-8(7)15-11(20)16-10-13-3-4-14-17-10/h1-5H,(H,18,19)(H2,13,15,16,17,20). The molecule has 8 nitrogen and oxygen atoms in total. The van der Waals surface area contributed by atoms with E-state index in [9.17, 15) is 14.0 Å². The van der Waals surface area contributed by atoms with Crippen molar-refractivity contribution in [2.24, 2.45) is 0 Å². The smallest absolute Gasteiger partial charge is 0.335 e. The molecule has 20 heavy (non-hydrogen) atoms. The first kappa shape index (κ1) is 13.3. The maximum Gasteiger partial charge on any atom is 0.335 e.